The summed E-state index contributed by atoms with van der Waals surface area (Å²) in [4.78, 5) is 0. The Hall–Kier alpha value is -2.86. The van der Waals surface area contributed by atoms with Gasteiger partial charge in [-0.15, -0.1) is 0 Å². The Kier molecular flexibility index (Phi) is 3.06. The van der Waals surface area contributed by atoms with Crippen LogP contribution in [-0.2, 0) is 0 Å². The zero-order chi connectivity index (χ0) is 13.9. The first-order valence-corrected chi connectivity index (χ1v) is 6.22. The van der Waals surface area contributed by atoms with Gasteiger partial charge in [0.1, 0.15) is 11.9 Å². The predicted molar refractivity (Wildman–Crippen MR) is 78.3 cm³/mol. The Bertz CT molecular complexity index is 819. The first kappa shape index (κ1) is 12.2. The van der Waals surface area contributed by atoms with Crippen LogP contribution in [0.25, 0.3) is 10.8 Å². The number of rotatable bonds is 2. The normalized spacial score (nSPS) is 10.2. The quantitative estimate of drug-likeness (QED) is 0.733. The lowest BCUT2D eigenvalue weighted by Crippen LogP contribution is -1.92. The zero-order valence-corrected chi connectivity index (χ0v) is 10.6. The maximum Gasteiger partial charge on any atom is 0.143 e. The van der Waals surface area contributed by atoms with Crippen LogP contribution >= 0.6 is 0 Å². The van der Waals surface area contributed by atoms with Gasteiger partial charge >= 0.3 is 0 Å². The van der Waals surface area contributed by atoms with Gasteiger partial charge in [0.05, 0.1) is 5.56 Å². The number of anilines is 2. The van der Waals surface area contributed by atoms with Gasteiger partial charge in [0.15, 0.2) is 0 Å². The van der Waals surface area contributed by atoms with Gasteiger partial charge in [-0.3, -0.25) is 0 Å². The maximum atomic E-state index is 13.5. The van der Waals surface area contributed by atoms with E-state index in [9.17, 15) is 4.39 Å². The van der Waals surface area contributed by atoms with E-state index >= 15 is 0 Å². The molecule has 96 valence electrons. The van der Waals surface area contributed by atoms with Crippen LogP contribution in [-0.4, -0.2) is 0 Å². The number of hydrogen-bond donors (Lipinski definition) is 1. The molecule has 0 spiro atoms. The number of nitrogens with one attached hydrogen (secondary N) is 1. The molecular formula is C17H11FN2. The second-order valence-corrected chi connectivity index (χ2v) is 4.49. The molecule has 0 saturated carbocycles. The molecule has 2 nitrogen and oxygen atoms in total. The van der Waals surface area contributed by atoms with E-state index in [-0.39, 0.29) is 5.56 Å². The Balaban J connectivity index is 1.93. The highest BCUT2D eigenvalue weighted by Gasteiger charge is 2.03. The molecule has 0 radical (unpaired) electrons. The average molecular weight is 262 g/mol. The van der Waals surface area contributed by atoms with E-state index in [1.54, 1.807) is 6.07 Å². The highest BCUT2D eigenvalue weighted by molar-refractivity contribution is 5.86. The standard InChI is InChI=1S/C17H11FN2/c18-17-10-16(8-6-14(17)11-19)20-15-7-5-12-3-1-2-4-13(12)9-15/h1-10,20H. The van der Waals surface area contributed by atoms with E-state index < -0.39 is 5.82 Å². The molecule has 0 aliphatic heterocycles. The number of nitriles is 1. The lowest BCUT2D eigenvalue weighted by molar-refractivity contribution is 0.624. The smallest absolute Gasteiger partial charge is 0.143 e. The Labute approximate surface area is 116 Å². The van der Waals surface area contributed by atoms with Crippen LogP contribution in [0.2, 0.25) is 0 Å². The third kappa shape index (κ3) is 2.32. The van der Waals surface area contributed by atoms with Gasteiger partial charge in [-0.1, -0.05) is 30.3 Å². The second-order valence-electron chi connectivity index (χ2n) is 4.49. The van der Waals surface area contributed by atoms with Crippen molar-refractivity contribution in [1.82, 2.24) is 0 Å². The van der Waals surface area contributed by atoms with Crippen molar-refractivity contribution in [3.63, 3.8) is 0 Å². The molecule has 20 heavy (non-hydrogen) atoms. The Morgan fingerprint density at radius 2 is 1.55 bits per heavy atom. The van der Waals surface area contributed by atoms with Gasteiger partial charge in [-0.05, 0) is 41.1 Å². The summed E-state index contributed by atoms with van der Waals surface area (Å²) < 4.78 is 13.5. The monoisotopic (exact) mass is 262 g/mol. The van der Waals surface area contributed by atoms with Gasteiger partial charge in [0, 0.05) is 11.4 Å². The van der Waals surface area contributed by atoms with Crippen molar-refractivity contribution < 1.29 is 4.39 Å². The fourth-order valence-electron chi connectivity index (χ4n) is 2.12. The summed E-state index contributed by atoms with van der Waals surface area (Å²) in [7, 11) is 0. The molecular weight excluding hydrogens is 251 g/mol. The van der Waals surface area contributed by atoms with E-state index in [1.807, 2.05) is 48.5 Å². The molecule has 0 aromatic heterocycles. The Morgan fingerprint density at radius 1 is 0.850 bits per heavy atom. The summed E-state index contributed by atoms with van der Waals surface area (Å²) in [5.74, 6) is -0.515. The van der Waals surface area contributed by atoms with Crippen LogP contribution in [0, 0.1) is 17.1 Å². The first-order valence-electron chi connectivity index (χ1n) is 6.22. The molecule has 0 saturated heterocycles. The number of fused-ring (bicyclic) bond motifs is 1. The summed E-state index contributed by atoms with van der Waals surface area (Å²) in [5, 5.41) is 14.1. The van der Waals surface area contributed by atoms with Crippen molar-refractivity contribution in [2.75, 3.05) is 5.32 Å². The van der Waals surface area contributed by atoms with Crippen LogP contribution in [0.1, 0.15) is 5.56 Å². The third-order valence-corrected chi connectivity index (χ3v) is 3.13. The van der Waals surface area contributed by atoms with Crippen LogP contribution in [0.5, 0.6) is 0 Å². The second kappa shape index (κ2) is 5.02. The third-order valence-electron chi connectivity index (χ3n) is 3.13. The van der Waals surface area contributed by atoms with Crippen molar-refractivity contribution >= 4 is 22.1 Å². The van der Waals surface area contributed by atoms with Crippen LogP contribution < -0.4 is 5.32 Å². The number of hydrogen-bond acceptors (Lipinski definition) is 2. The maximum absolute atomic E-state index is 13.5. The fraction of sp³-hybridized carbons (Fsp3) is 0. The van der Waals surface area contributed by atoms with Gasteiger partial charge in [-0.2, -0.15) is 5.26 Å². The molecule has 3 aromatic carbocycles. The number of benzene rings is 3. The number of halogens is 1. The van der Waals surface area contributed by atoms with Crippen molar-refractivity contribution in [3.05, 3.63) is 72.0 Å². The van der Waals surface area contributed by atoms with Crippen molar-refractivity contribution in [3.8, 4) is 6.07 Å². The minimum Gasteiger partial charge on any atom is -0.355 e. The number of nitrogens with zero attached hydrogens (tertiary/aromatic N) is 1. The molecule has 0 unspecified atom stereocenters. The van der Waals surface area contributed by atoms with Crippen molar-refractivity contribution in [2.45, 2.75) is 0 Å². The van der Waals surface area contributed by atoms with Gasteiger partial charge in [-0.25, -0.2) is 4.39 Å². The lowest BCUT2D eigenvalue weighted by Gasteiger charge is -2.08. The fourth-order valence-corrected chi connectivity index (χ4v) is 2.12. The van der Waals surface area contributed by atoms with Gasteiger partial charge in [0.25, 0.3) is 0 Å². The van der Waals surface area contributed by atoms with E-state index in [0.29, 0.717) is 5.69 Å². The topological polar surface area (TPSA) is 35.8 Å². The average Bonchev–Trinajstić information content (AvgIpc) is 2.47. The minimum absolute atomic E-state index is 0.0501. The van der Waals surface area contributed by atoms with E-state index in [4.69, 9.17) is 5.26 Å². The minimum atomic E-state index is -0.515. The molecule has 0 fully saturated rings. The van der Waals surface area contributed by atoms with Crippen molar-refractivity contribution in [2.24, 2.45) is 0 Å². The lowest BCUT2D eigenvalue weighted by atomic mass is 10.1. The van der Waals surface area contributed by atoms with E-state index in [2.05, 4.69) is 5.32 Å². The predicted octanol–water partition coefficient (Wildman–Crippen LogP) is 4.59. The first-order chi connectivity index (χ1) is 9.76. The highest BCUT2D eigenvalue weighted by Crippen LogP contribution is 2.23. The SMILES string of the molecule is N#Cc1ccc(Nc2ccc3ccccc3c2)cc1F. The van der Waals surface area contributed by atoms with Crippen LogP contribution in [0.15, 0.2) is 60.7 Å². The molecule has 0 heterocycles. The zero-order valence-electron chi connectivity index (χ0n) is 10.6. The van der Waals surface area contributed by atoms with E-state index in [1.165, 1.54) is 12.1 Å². The molecule has 0 aliphatic rings. The van der Waals surface area contributed by atoms with Crippen LogP contribution in [0.3, 0.4) is 0 Å². The molecule has 0 bridgehead atoms. The van der Waals surface area contributed by atoms with Crippen molar-refractivity contribution in [1.29, 1.82) is 5.26 Å². The Morgan fingerprint density at radius 3 is 2.30 bits per heavy atom. The molecule has 0 aliphatic carbocycles. The molecule has 0 atom stereocenters. The summed E-state index contributed by atoms with van der Waals surface area (Å²) in [6.45, 7) is 0. The molecule has 3 rings (SSSR count). The van der Waals surface area contributed by atoms with Crippen LogP contribution in [0.4, 0.5) is 15.8 Å². The molecule has 3 heteroatoms. The highest BCUT2D eigenvalue weighted by atomic mass is 19.1. The molecule has 3 aromatic rings. The summed E-state index contributed by atoms with van der Waals surface area (Å²) in [6, 6.07) is 20.3. The largest absolute Gasteiger partial charge is 0.355 e. The van der Waals surface area contributed by atoms with Gasteiger partial charge < -0.3 is 5.32 Å². The van der Waals surface area contributed by atoms with E-state index in [0.717, 1.165) is 16.5 Å². The summed E-state index contributed by atoms with van der Waals surface area (Å²) in [5.41, 5.74) is 1.55. The van der Waals surface area contributed by atoms with Gasteiger partial charge in [0.2, 0.25) is 0 Å². The molecule has 0 amide bonds. The summed E-state index contributed by atoms with van der Waals surface area (Å²) >= 11 is 0. The molecule has 1 N–H and O–H groups in total. The summed E-state index contributed by atoms with van der Waals surface area (Å²) in [6.07, 6.45) is 0.